The van der Waals surface area contributed by atoms with E-state index in [1.165, 1.54) is 6.08 Å². The van der Waals surface area contributed by atoms with Crippen LogP contribution in [0.25, 0.3) is 0 Å². The number of carbonyl (C=O) groups is 1. The predicted molar refractivity (Wildman–Crippen MR) is 75.9 cm³/mol. The van der Waals surface area contributed by atoms with Crippen molar-refractivity contribution in [2.45, 2.75) is 51.4 Å². The first-order valence-electron chi connectivity index (χ1n) is 6.35. The van der Waals surface area contributed by atoms with Crippen molar-refractivity contribution in [1.82, 2.24) is 0 Å². The molecule has 1 aliphatic rings. The third-order valence-corrected chi connectivity index (χ3v) is 8.29. The zero-order valence-corrected chi connectivity index (χ0v) is 13.1. The van der Waals surface area contributed by atoms with Crippen LogP contribution in [0.15, 0.2) is 24.3 Å². The van der Waals surface area contributed by atoms with Gasteiger partial charge in [-0.1, -0.05) is 27.4 Å². The Bertz CT molecular complexity index is 364. The second kappa shape index (κ2) is 5.41. The minimum Gasteiger partial charge on any atom is -0.454 e. The van der Waals surface area contributed by atoms with Crippen molar-refractivity contribution in [2.24, 2.45) is 0 Å². The highest BCUT2D eigenvalue weighted by Crippen LogP contribution is 2.36. The zero-order valence-electron chi connectivity index (χ0n) is 12.1. The van der Waals surface area contributed by atoms with Crippen LogP contribution in [-0.2, 0) is 14.0 Å². The van der Waals surface area contributed by atoms with Crippen molar-refractivity contribution in [3.05, 3.63) is 24.3 Å². The van der Waals surface area contributed by atoms with Crippen LogP contribution in [0, 0.1) is 0 Å². The van der Waals surface area contributed by atoms with E-state index in [-0.39, 0.29) is 17.1 Å². The number of carbonyl (C=O) groups excluding carboxylic acids is 1. The van der Waals surface area contributed by atoms with Gasteiger partial charge in [0.2, 0.25) is 0 Å². The maximum absolute atomic E-state index is 11.2. The first kappa shape index (κ1) is 15.2. The molecule has 0 aromatic rings. The van der Waals surface area contributed by atoms with E-state index in [1.54, 1.807) is 6.08 Å². The van der Waals surface area contributed by atoms with Gasteiger partial charge in [-0.3, -0.25) is 0 Å². The summed E-state index contributed by atoms with van der Waals surface area (Å²) in [4.78, 5) is 11.2. The van der Waals surface area contributed by atoms with E-state index in [0.717, 1.165) is 5.57 Å². The molecule has 1 rings (SSSR count). The summed E-state index contributed by atoms with van der Waals surface area (Å²) in [6, 6.07) is 0. The van der Waals surface area contributed by atoms with Crippen LogP contribution in [-0.4, -0.2) is 27.0 Å². The molecular formula is C14H24O3Si. The van der Waals surface area contributed by atoms with Gasteiger partial charge in [-0.05, 0) is 29.8 Å². The molecule has 1 heterocycles. The molecule has 0 bridgehead atoms. The SMILES string of the molecule is C=C1C=CC(=O)OC1CCO[Si](C)(C)C(C)(C)C. The van der Waals surface area contributed by atoms with E-state index >= 15 is 0 Å². The third kappa shape index (κ3) is 3.82. The molecule has 1 atom stereocenters. The number of hydrogen-bond donors (Lipinski definition) is 0. The first-order valence-corrected chi connectivity index (χ1v) is 9.26. The van der Waals surface area contributed by atoms with Gasteiger partial charge >= 0.3 is 5.97 Å². The van der Waals surface area contributed by atoms with Crippen molar-refractivity contribution >= 4 is 14.3 Å². The van der Waals surface area contributed by atoms with E-state index in [9.17, 15) is 4.79 Å². The van der Waals surface area contributed by atoms with Crippen LogP contribution in [0.5, 0.6) is 0 Å². The Kier molecular flexibility index (Phi) is 4.56. The molecular weight excluding hydrogens is 244 g/mol. The molecule has 0 radical (unpaired) electrons. The van der Waals surface area contributed by atoms with Crippen molar-refractivity contribution < 1.29 is 14.0 Å². The van der Waals surface area contributed by atoms with E-state index in [4.69, 9.17) is 9.16 Å². The van der Waals surface area contributed by atoms with Crippen LogP contribution in [0.2, 0.25) is 18.1 Å². The molecule has 0 N–H and O–H groups in total. The van der Waals surface area contributed by atoms with Crippen LogP contribution < -0.4 is 0 Å². The van der Waals surface area contributed by atoms with Crippen molar-refractivity contribution in [1.29, 1.82) is 0 Å². The molecule has 0 fully saturated rings. The number of cyclic esters (lactones) is 1. The van der Waals surface area contributed by atoms with Crippen molar-refractivity contribution in [2.75, 3.05) is 6.61 Å². The lowest BCUT2D eigenvalue weighted by Crippen LogP contribution is -2.41. The monoisotopic (exact) mass is 268 g/mol. The summed E-state index contributed by atoms with van der Waals surface area (Å²) in [6.45, 7) is 15.6. The Morgan fingerprint density at radius 1 is 1.39 bits per heavy atom. The molecule has 0 aromatic heterocycles. The normalized spacial score (nSPS) is 21.1. The molecule has 0 amide bonds. The number of hydrogen-bond acceptors (Lipinski definition) is 3. The van der Waals surface area contributed by atoms with Crippen LogP contribution in [0.1, 0.15) is 27.2 Å². The molecule has 18 heavy (non-hydrogen) atoms. The second-order valence-electron chi connectivity index (χ2n) is 6.23. The first-order chi connectivity index (χ1) is 8.13. The largest absolute Gasteiger partial charge is 0.454 e. The average Bonchev–Trinajstić information content (AvgIpc) is 2.21. The maximum Gasteiger partial charge on any atom is 0.331 e. The summed E-state index contributed by atoms with van der Waals surface area (Å²) in [5, 5.41) is 0.202. The molecule has 1 aliphatic heterocycles. The zero-order chi connectivity index (χ0) is 14.0. The van der Waals surface area contributed by atoms with Gasteiger partial charge in [0.1, 0.15) is 6.10 Å². The average molecular weight is 268 g/mol. The van der Waals surface area contributed by atoms with Crippen molar-refractivity contribution in [3.63, 3.8) is 0 Å². The summed E-state index contributed by atoms with van der Waals surface area (Å²) < 4.78 is 11.3. The Morgan fingerprint density at radius 3 is 2.56 bits per heavy atom. The van der Waals surface area contributed by atoms with Crippen LogP contribution in [0.4, 0.5) is 0 Å². The molecule has 0 aliphatic carbocycles. The second-order valence-corrected chi connectivity index (χ2v) is 11.0. The van der Waals surface area contributed by atoms with E-state index in [2.05, 4.69) is 40.4 Å². The topological polar surface area (TPSA) is 35.5 Å². The van der Waals surface area contributed by atoms with Gasteiger partial charge in [0.05, 0.1) is 0 Å². The van der Waals surface area contributed by atoms with E-state index in [0.29, 0.717) is 13.0 Å². The summed E-state index contributed by atoms with van der Waals surface area (Å²) >= 11 is 0. The lowest BCUT2D eigenvalue weighted by molar-refractivity contribution is -0.142. The fourth-order valence-corrected chi connectivity index (χ4v) is 2.48. The number of ether oxygens (including phenoxy) is 1. The molecule has 0 spiro atoms. The molecule has 4 heteroatoms. The minimum atomic E-state index is -1.72. The smallest absolute Gasteiger partial charge is 0.331 e. The molecule has 0 aromatic carbocycles. The maximum atomic E-state index is 11.2. The van der Waals surface area contributed by atoms with Crippen molar-refractivity contribution in [3.8, 4) is 0 Å². The third-order valence-electron chi connectivity index (χ3n) is 3.75. The minimum absolute atomic E-state index is 0.202. The van der Waals surface area contributed by atoms with Gasteiger partial charge in [-0.15, -0.1) is 0 Å². The van der Waals surface area contributed by atoms with Gasteiger partial charge in [0.15, 0.2) is 8.32 Å². The predicted octanol–water partition coefficient (Wildman–Crippen LogP) is 3.44. The van der Waals surface area contributed by atoms with Gasteiger partial charge in [0, 0.05) is 19.1 Å². The van der Waals surface area contributed by atoms with E-state index < -0.39 is 8.32 Å². The summed E-state index contributed by atoms with van der Waals surface area (Å²) in [5.74, 6) is -0.292. The van der Waals surface area contributed by atoms with Crippen LogP contribution in [0.3, 0.4) is 0 Å². The lowest BCUT2D eigenvalue weighted by atomic mass is 10.1. The van der Waals surface area contributed by atoms with Gasteiger partial charge < -0.3 is 9.16 Å². The summed E-state index contributed by atoms with van der Waals surface area (Å²) in [5.41, 5.74) is 0.841. The molecule has 0 saturated heterocycles. The molecule has 1 unspecified atom stereocenters. The highest BCUT2D eigenvalue weighted by molar-refractivity contribution is 6.74. The number of esters is 1. The van der Waals surface area contributed by atoms with Gasteiger partial charge in [-0.2, -0.15) is 0 Å². The number of rotatable bonds is 4. The summed E-state index contributed by atoms with van der Waals surface area (Å²) in [6.07, 6.45) is 3.59. The fraction of sp³-hybridized carbons (Fsp3) is 0.643. The molecule has 0 saturated carbocycles. The summed E-state index contributed by atoms with van der Waals surface area (Å²) in [7, 11) is -1.72. The molecule has 102 valence electrons. The lowest BCUT2D eigenvalue weighted by Gasteiger charge is -2.36. The van der Waals surface area contributed by atoms with Crippen LogP contribution >= 0.6 is 0 Å². The molecule has 3 nitrogen and oxygen atoms in total. The van der Waals surface area contributed by atoms with Gasteiger partial charge in [0.25, 0.3) is 0 Å². The highest BCUT2D eigenvalue weighted by atomic mass is 28.4. The quantitative estimate of drug-likeness (QED) is 0.579. The standard InChI is InChI=1S/C14H24O3Si/c1-11-7-8-13(15)17-12(11)9-10-16-18(5,6)14(2,3)4/h7-8,12H,1,9-10H2,2-6H3. The highest BCUT2D eigenvalue weighted by Gasteiger charge is 2.37. The Balaban J connectivity index is 2.45. The van der Waals surface area contributed by atoms with E-state index in [1.807, 2.05) is 0 Å². The Labute approximate surface area is 111 Å². The van der Waals surface area contributed by atoms with Gasteiger partial charge in [-0.25, -0.2) is 4.79 Å². The Hall–Kier alpha value is -0.873. The Morgan fingerprint density at radius 2 is 2.00 bits per heavy atom. The fourth-order valence-electron chi connectivity index (χ4n) is 1.42.